The van der Waals surface area contributed by atoms with E-state index in [4.69, 9.17) is 4.74 Å². The lowest BCUT2D eigenvalue weighted by Gasteiger charge is -2.38. The van der Waals surface area contributed by atoms with Gasteiger partial charge >= 0.3 is 0 Å². The zero-order valence-electron chi connectivity index (χ0n) is 22.2. The maximum atomic E-state index is 6.98. The number of ether oxygens (including phenoxy) is 1. The number of nitrogens with zero attached hydrogens (tertiary/aromatic N) is 2. The lowest BCUT2D eigenvalue weighted by molar-refractivity contribution is 0.488. The Bertz CT molecular complexity index is 2200. The van der Waals surface area contributed by atoms with Crippen LogP contribution in [0.1, 0.15) is 11.1 Å². The van der Waals surface area contributed by atoms with Crippen LogP contribution in [0.5, 0.6) is 11.5 Å². The summed E-state index contributed by atoms with van der Waals surface area (Å²) in [6, 6.07) is 46.3. The lowest BCUT2D eigenvalue weighted by Crippen LogP contribution is -2.58. The van der Waals surface area contributed by atoms with Gasteiger partial charge in [0.15, 0.2) is 0 Å². The molecule has 0 aliphatic carbocycles. The van der Waals surface area contributed by atoms with Crippen molar-refractivity contribution in [2.45, 2.75) is 6.42 Å². The molecule has 1 aromatic heterocycles. The summed E-state index contributed by atoms with van der Waals surface area (Å²) in [6.45, 7) is 0.0840. The first-order valence-corrected chi connectivity index (χ1v) is 14.3. The summed E-state index contributed by atoms with van der Waals surface area (Å²) in [6.07, 6.45) is 0.927. The van der Waals surface area contributed by atoms with Gasteiger partial charge in [-0.2, -0.15) is 0 Å². The van der Waals surface area contributed by atoms with E-state index >= 15 is 0 Å². The van der Waals surface area contributed by atoms with Crippen LogP contribution in [0.15, 0.2) is 127 Å². The molecular weight excluding hydrogens is 499 g/mol. The number of aromatic nitrogens is 1. The van der Waals surface area contributed by atoms with Crippen molar-refractivity contribution in [2.75, 3.05) is 4.90 Å². The molecular formula is C37H23BN2O. The average Bonchev–Trinajstić information content (AvgIpc) is 3.37. The molecule has 3 aliphatic heterocycles. The molecule has 4 heterocycles. The van der Waals surface area contributed by atoms with Gasteiger partial charge in [-0.3, -0.25) is 0 Å². The number of rotatable bonds is 1. The van der Waals surface area contributed by atoms with Gasteiger partial charge < -0.3 is 14.2 Å². The normalized spacial score (nSPS) is 13.9. The highest BCUT2D eigenvalue weighted by Crippen LogP contribution is 2.49. The standard InChI is InChI=1S/C37H23BN2O/c1-5-16-29-23(10-1)22-24-11-2-6-17-30(24)39(29)33-21-20-32-35-37(33)41-34-19-8-4-14-27(34)38(35)28-15-9-13-26-25-12-3-7-18-31(25)40(32)36(26)28/h1-21H,22H2. The van der Waals surface area contributed by atoms with E-state index in [0.29, 0.717) is 0 Å². The number of benzene rings is 6. The molecule has 3 nitrogen and oxygen atoms in total. The Morgan fingerprint density at radius 3 is 2.05 bits per heavy atom. The van der Waals surface area contributed by atoms with Crippen molar-refractivity contribution in [3.05, 3.63) is 139 Å². The van der Waals surface area contributed by atoms with Crippen LogP contribution in [-0.4, -0.2) is 11.3 Å². The fraction of sp³-hybridized carbons (Fsp3) is 0.0270. The molecule has 0 spiro atoms. The molecule has 0 bridgehead atoms. The quantitative estimate of drug-likeness (QED) is 0.214. The Hall–Kier alpha value is -5.22. The third kappa shape index (κ3) is 2.70. The van der Waals surface area contributed by atoms with Crippen molar-refractivity contribution in [2.24, 2.45) is 0 Å². The molecule has 6 aromatic carbocycles. The monoisotopic (exact) mass is 522 g/mol. The minimum atomic E-state index is 0.0840. The Kier molecular flexibility index (Phi) is 4.06. The second-order valence-corrected chi connectivity index (χ2v) is 11.3. The first kappa shape index (κ1) is 21.6. The van der Waals surface area contributed by atoms with Crippen LogP contribution in [0.25, 0.3) is 27.5 Å². The molecule has 0 saturated carbocycles. The van der Waals surface area contributed by atoms with E-state index < -0.39 is 0 Å². The Morgan fingerprint density at radius 1 is 0.537 bits per heavy atom. The maximum Gasteiger partial charge on any atom is 0.256 e. The topological polar surface area (TPSA) is 17.4 Å². The summed E-state index contributed by atoms with van der Waals surface area (Å²) < 4.78 is 9.45. The number of anilines is 3. The minimum absolute atomic E-state index is 0.0840. The zero-order valence-corrected chi connectivity index (χ0v) is 22.2. The highest BCUT2D eigenvalue weighted by molar-refractivity contribution is 6.99. The summed E-state index contributed by atoms with van der Waals surface area (Å²) in [4.78, 5) is 2.42. The van der Waals surface area contributed by atoms with Gasteiger partial charge in [0.1, 0.15) is 11.5 Å². The summed E-state index contributed by atoms with van der Waals surface area (Å²) >= 11 is 0. The summed E-state index contributed by atoms with van der Waals surface area (Å²) in [5, 5.41) is 2.59. The van der Waals surface area contributed by atoms with Crippen molar-refractivity contribution in [3.8, 4) is 17.2 Å². The Balaban J connectivity index is 1.35. The zero-order chi connectivity index (χ0) is 26.7. The number of fused-ring (bicyclic) bond motifs is 9. The van der Waals surface area contributed by atoms with Gasteiger partial charge in [0.05, 0.1) is 11.2 Å². The highest BCUT2D eigenvalue weighted by Gasteiger charge is 2.42. The van der Waals surface area contributed by atoms with Crippen LogP contribution < -0.4 is 26.0 Å². The second kappa shape index (κ2) is 7.70. The third-order valence-corrected chi connectivity index (χ3v) is 9.25. The van der Waals surface area contributed by atoms with Crippen LogP contribution >= 0.6 is 0 Å². The minimum Gasteiger partial charge on any atom is -0.456 e. The average molecular weight is 522 g/mol. The summed E-state index contributed by atoms with van der Waals surface area (Å²) in [5.74, 6) is 1.88. The van der Waals surface area contributed by atoms with Gasteiger partial charge in [-0.1, -0.05) is 91.0 Å². The smallest absolute Gasteiger partial charge is 0.256 e. The van der Waals surface area contributed by atoms with Crippen LogP contribution in [0.4, 0.5) is 17.1 Å². The molecule has 0 amide bonds. The molecule has 4 heteroatoms. The maximum absolute atomic E-state index is 6.98. The number of para-hydroxylation sites is 5. The molecule has 41 heavy (non-hydrogen) atoms. The molecule has 0 unspecified atom stereocenters. The van der Waals surface area contributed by atoms with E-state index in [2.05, 4.69) is 137 Å². The van der Waals surface area contributed by atoms with Crippen LogP contribution in [0, 0.1) is 0 Å². The van der Waals surface area contributed by atoms with Crippen molar-refractivity contribution >= 4 is 62.0 Å². The van der Waals surface area contributed by atoms with Crippen molar-refractivity contribution in [1.82, 2.24) is 4.57 Å². The Labute approximate surface area is 237 Å². The summed E-state index contributed by atoms with van der Waals surface area (Å²) in [7, 11) is 0. The fourth-order valence-corrected chi connectivity index (χ4v) is 7.62. The van der Waals surface area contributed by atoms with Crippen molar-refractivity contribution < 1.29 is 4.74 Å². The van der Waals surface area contributed by atoms with Crippen LogP contribution in [0.2, 0.25) is 0 Å². The van der Waals surface area contributed by atoms with Crippen molar-refractivity contribution in [1.29, 1.82) is 0 Å². The molecule has 0 N–H and O–H groups in total. The van der Waals surface area contributed by atoms with Gasteiger partial charge in [0.2, 0.25) is 0 Å². The van der Waals surface area contributed by atoms with E-state index in [-0.39, 0.29) is 6.71 Å². The lowest BCUT2D eigenvalue weighted by atomic mass is 9.34. The van der Waals surface area contributed by atoms with Gasteiger partial charge in [-0.05, 0) is 63.9 Å². The first-order chi connectivity index (χ1) is 20.4. The summed E-state index contributed by atoms with van der Waals surface area (Å²) in [5.41, 5.74) is 13.7. The van der Waals surface area contributed by atoms with Gasteiger partial charge in [0, 0.05) is 39.8 Å². The fourth-order valence-electron chi connectivity index (χ4n) is 7.62. The van der Waals surface area contributed by atoms with Gasteiger partial charge in [-0.15, -0.1) is 0 Å². The number of hydrogen-bond acceptors (Lipinski definition) is 2. The van der Waals surface area contributed by atoms with Crippen LogP contribution in [-0.2, 0) is 6.42 Å². The van der Waals surface area contributed by atoms with E-state index in [1.807, 2.05) is 0 Å². The molecule has 0 radical (unpaired) electrons. The second-order valence-electron chi connectivity index (χ2n) is 11.3. The van der Waals surface area contributed by atoms with Crippen LogP contribution in [0.3, 0.4) is 0 Å². The van der Waals surface area contributed by atoms with E-state index in [0.717, 1.165) is 23.6 Å². The van der Waals surface area contributed by atoms with E-state index in [1.165, 1.54) is 66.4 Å². The number of hydrogen-bond donors (Lipinski definition) is 0. The van der Waals surface area contributed by atoms with Crippen molar-refractivity contribution in [3.63, 3.8) is 0 Å². The largest absolute Gasteiger partial charge is 0.456 e. The van der Waals surface area contributed by atoms with Gasteiger partial charge in [-0.25, -0.2) is 0 Å². The molecule has 3 aliphatic rings. The van der Waals surface area contributed by atoms with E-state index in [9.17, 15) is 0 Å². The SMILES string of the molecule is c1ccc2c(c1)Cc1ccccc1N2c1ccc2c3c1Oc1ccccc1B3c1cccc3c4ccccc4n-2c13. The predicted molar refractivity (Wildman–Crippen MR) is 169 cm³/mol. The third-order valence-electron chi connectivity index (χ3n) is 9.25. The molecule has 0 fully saturated rings. The first-order valence-electron chi connectivity index (χ1n) is 14.3. The van der Waals surface area contributed by atoms with Gasteiger partial charge in [0.25, 0.3) is 6.71 Å². The molecule has 0 atom stereocenters. The predicted octanol–water partition coefficient (Wildman–Crippen LogP) is 7.09. The molecule has 190 valence electrons. The molecule has 10 rings (SSSR count). The highest BCUT2D eigenvalue weighted by atomic mass is 16.5. The molecule has 0 saturated heterocycles. The van der Waals surface area contributed by atoms with E-state index in [1.54, 1.807) is 0 Å². The molecule has 7 aromatic rings. The Morgan fingerprint density at radius 2 is 1.20 bits per heavy atom.